The second-order valence-corrected chi connectivity index (χ2v) is 7.12. The molecule has 1 atom stereocenters. The molecule has 1 N–H and O–H groups in total. The summed E-state index contributed by atoms with van der Waals surface area (Å²) in [6.45, 7) is 5.07. The summed E-state index contributed by atoms with van der Waals surface area (Å²) >= 11 is 1.33. The molecule has 0 spiro atoms. The Labute approximate surface area is 141 Å². The van der Waals surface area contributed by atoms with E-state index in [2.05, 4.69) is 41.4 Å². The molecule has 0 bridgehead atoms. The van der Waals surface area contributed by atoms with E-state index in [9.17, 15) is 9.59 Å². The van der Waals surface area contributed by atoms with Gasteiger partial charge >= 0.3 is 0 Å². The normalized spacial score (nSPS) is 18.2. The first kappa shape index (κ1) is 16.2. The molecule has 2 amide bonds. The minimum absolute atomic E-state index is 0.0223. The first-order chi connectivity index (χ1) is 11.1. The van der Waals surface area contributed by atoms with Gasteiger partial charge in [-0.15, -0.1) is 0 Å². The quantitative estimate of drug-likeness (QED) is 0.866. The van der Waals surface area contributed by atoms with Crippen molar-refractivity contribution < 1.29 is 9.59 Å². The zero-order chi connectivity index (χ0) is 16.2. The molecule has 1 aromatic carbocycles. The summed E-state index contributed by atoms with van der Waals surface area (Å²) in [7, 11) is 0. The van der Waals surface area contributed by atoms with Crippen LogP contribution < -0.4 is 10.2 Å². The fourth-order valence-corrected chi connectivity index (χ4v) is 4.00. The summed E-state index contributed by atoms with van der Waals surface area (Å²) < 4.78 is 0. The topological polar surface area (TPSA) is 52.7 Å². The highest BCUT2D eigenvalue weighted by atomic mass is 32.2. The third-order valence-electron chi connectivity index (χ3n) is 4.50. The average Bonchev–Trinajstić information content (AvgIpc) is 3.16. The lowest BCUT2D eigenvalue weighted by molar-refractivity contribution is -0.121. The maximum absolute atomic E-state index is 12.0. The highest BCUT2D eigenvalue weighted by Crippen LogP contribution is 2.28. The van der Waals surface area contributed by atoms with Crippen LogP contribution in [-0.4, -0.2) is 54.0 Å². The van der Waals surface area contributed by atoms with Crippen molar-refractivity contribution in [2.45, 2.75) is 25.8 Å². The third-order valence-corrected chi connectivity index (χ3v) is 5.40. The van der Waals surface area contributed by atoms with Crippen LogP contribution >= 0.6 is 11.8 Å². The number of para-hydroxylation sites is 1. The fraction of sp³-hybridized carbons (Fsp3) is 0.529. The number of carbonyl (C=O) groups is 2. The van der Waals surface area contributed by atoms with Gasteiger partial charge in [-0.2, -0.15) is 0 Å². The number of carbonyl (C=O) groups excluding carboxylic acids is 2. The Kier molecular flexibility index (Phi) is 5.10. The number of rotatable bonds is 6. The number of hydrogen-bond donors (Lipinski definition) is 1. The molecule has 0 radical (unpaired) electrons. The van der Waals surface area contributed by atoms with Gasteiger partial charge in [0.05, 0.1) is 0 Å². The smallest absolute Gasteiger partial charge is 0.281 e. The van der Waals surface area contributed by atoms with Crippen molar-refractivity contribution in [3.05, 3.63) is 29.8 Å². The van der Waals surface area contributed by atoms with Gasteiger partial charge < -0.3 is 15.1 Å². The first-order valence-corrected chi connectivity index (χ1v) is 9.16. The van der Waals surface area contributed by atoms with Crippen LogP contribution in [0.2, 0.25) is 0 Å². The number of nitrogens with one attached hydrogen (secondary N) is 1. The van der Waals surface area contributed by atoms with Crippen LogP contribution in [0.1, 0.15) is 18.9 Å². The molecule has 2 aliphatic rings. The van der Waals surface area contributed by atoms with E-state index >= 15 is 0 Å². The lowest BCUT2D eigenvalue weighted by atomic mass is 10.2. The number of thioether (sulfide) groups is 1. The SMILES string of the molecule is C[C@@H](CNC(=O)CCN1CCSC1=O)N1CCc2ccccc21. The highest BCUT2D eigenvalue weighted by molar-refractivity contribution is 8.13. The minimum Gasteiger partial charge on any atom is -0.366 e. The molecular formula is C17H23N3O2S. The summed E-state index contributed by atoms with van der Waals surface area (Å²) in [5, 5.41) is 3.10. The lowest BCUT2D eigenvalue weighted by Crippen LogP contribution is -2.42. The zero-order valence-electron chi connectivity index (χ0n) is 13.5. The minimum atomic E-state index is 0.0223. The molecule has 23 heavy (non-hydrogen) atoms. The van der Waals surface area contributed by atoms with E-state index in [4.69, 9.17) is 0 Å². The Morgan fingerprint density at radius 3 is 2.96 bits per heavy atom. The van der Waals surface area contributed by atoms with Gasteiger partial charge in [0.1, 0.15) is 0 Å². The summed E-state index contributed by atoms with van der Waals surface area (Å²) in [5.74, 6) is 0.861. The highest BCUT2D eigenvalue weighted by Gasteiger charge is 2.24. The molecule has 0 aromatic heterocycles. The van der Waals surface area contributed by atoms with Gasteiger partial charge in [0.2, 0.25) is 5.91 Å². The Balaban J connectivity index is 1.43. The Bertz CT molecular complexity index is 593. The van der Waals surface area contributed by atoms with Crippen molar-refractivity contribution in [1.82, 2.24) is 10.2 Å². The van der Waals surface area contributed by atoms with E-state index in [0.29, 0.717) is 19.5 Å². The largest absolute Gasteiger partial charge is 0.366 e. The van der Waals surface area contributed by atoms with Crippen LogP contribution in [0.15, 0.2) is 24.3 Å². The second kappa shape index (κ2) is 7.25. The number of fused-ring (bicyclic) bond motifs is 1. The summed E-state index contributed by atoms with van der Waals surface area (Å²) in [5.41, 5.74) is 2.67. The van der Waals surface area contributed by atoms with Crippen molar-refractivity contribution in [2.75, 3.05) is 36.8 Å². The fourth-order valence-electron chi connectivity index (χ4n) is 3.15. The van der Waals surface area contributed by atoms with Crippen molar-refractivity contribution >= 4 is 28.6 Å². The Morgan fingerprint density at radius 2 is 2.17 bits per heavy atom. The number of amides is 2. The van der Waals surface area contributed by atoms with Crippen LogP contribution in [0.5, 0.6) is 0 Å². The van der Waals surface area contributed by atoms with Crippen LogP contribution in [0.4, 0.5) is 10.5 Å². The molecule has 1 saturated heterocycles. The molecule has 0 unspecified atom stereocenters. The lowest BCUT2D eigenvalue weighted by Gasteiger charge is -2.27. The predicted molar refractivity (Wildman–Crippen MR) is 94.0 cm³/mol. The number of nitrogens with zero attached hydrogens (tertiary/aromatic N) is 2. The zero-order valence-corrected chi connectivity index (χ0v) is 14.3. The second-order valence-electron chi connectivity index (χ2n) is 6.08. The van der Waals surface area contributed by atoms with Gasteiger partial charge in [0.15, 0.2) is 0 Å². The van der Waals surface area contributed by atoms with E-state index in [-0.39, 0.29) is 17.2 Å². The number of anilines is 1. The number of hydrogen-bond acceptors (Lipinski definition) is 4. The molecule has 2 heterocycles. The van der Waals surface area contributed by atoms with Gasteiger partial charge in [-0.1, -0.05) is 30.0 Å². The molecule has 0 aliphatic carbocycles. The van der Waals surface area contributed by atoms with Crippen molar-refractivity contribution in [1.29, 1.82) is 0 Å². The van der Waals surface area contributed by atoms with Gasteiger partial charge in [-0.25, -0.2) is 0 Å². The van der Waals surface area contributed by atoms with Crippen LogP contribution in [-0.2, 0) is 11.2 Å². The average molecular weight is 333 g/mol. The van der Waals surface area contributed by atoms with Gasteiger partial charge in [-0.3, -0.25) is 9.59 Å². The summed E-state index contributed by atoms with van der Waals surface area (Å²) in [6, 6.07) is 8.73. The molecule has 1 fully saturated rings. The van der Waals surface area contributed by atoms with Gasteiger partial charge in [0, 0.05) is 50.1 Å². The number of benzene rings is 1. The van der Waals surface area contributed by atoms with Crippen LogP contribution in [0.3, 0.4) is 0 Å². The Morgan fingerprint density at radius 1 is 1.35 bits per heavy atom. The summed E-state index contributed by atoms with van der Waals surface area (Å²) in [6.07, 6.45) is 1.46. The maximum Gasteiger partial charge on any atom is 0.281 e. The predicted octanol–water partition coefficient (Wildman–Crippen LogP) is 2.11. The maximum atomic E-state index is 12.0. The van der Waals surface area contributed by atoms with Gasteiger partial charge in [-0.05, 0) is 25.0 Å². The van der Waals surface area contributed by atoms with E-state index < -0.39 is 0 Å². The van der Waals surface area contributed by atoms with Crippen molar-refractivity contribution in [2.24, 2.45) is 0 Å². The molecule has 5 nitrogen and oxygen atoms in total. The monoisotopic (exact) mass is 333 g/mol. The molecular weight excluding hydrogens is 310 g/mol. The van der Waals surface area contributed by atoms with E-state index in [1.54, 1.807) is 4.90 Å². The molecule has 124 valence electrons. The molecule has 1 aromatic rings. The third kappa shape index (κ3) is 3.80. The van der Waals surface area contributed by atoms with Crippen molar-refractivity contribution in [3.8, 4) is 0 Å². The van der Waals surface area contributed by atoms with E-state index in [1.807, 2.05) is 0 Å². The molecule has 2 aliphatic heterocycles. The Hall–Kier alpha value is -1.69. The summed E-state index contributed by atoms with van der Waals surface area (Å²) in [4.78, 5) is 27.6. The molecule has 3 rings (SSSR count). The van der Waals surface area contributed by atoms with E-state index in [1.165, 1.54) is 23.0 Å². The van der Waals surface area contributed by atoms with Crippen molar-refractivity contribution in [3.63, 3.8) is 0 Å². The first-order valence-electron chi connectivity index (χ1n) is 8.18. The molecule has 6 heteroatoms. The van der Waals surface area contributed by atoms with E-state index in [0.717, 1.165) is 25.3 Å². The van der Waals surface area contributed by atoms with Crippen LogP contribution in [0.25, 0.3) is 0 Å². The van der Waals surface area contributed by atoms with Crippen LogP contribution in [0, 0.1) is 0 Å². The standard InChI is InChI=1S/C17H23N3O2S/c1-13(20-9-6-14-4-2-3-5-15(14)20)12-18-16(21)7-8-19-10-11-23-17(19)22/h2-5,13H,6-12H2,1H3,(H,18,21)/t13-/m0/s1. The molecule has 0 saturated carbocycles. The van der Waals surface area contributed by atoms with Gasteiger partial charge in [0.25, 0.3) is 5.24 Å².